The van der Waals surface area contributed by atoms with Gasteiger partial charge in [-0.1, -0.05) is 36.4 Å². The fourth-order valence-corrected chi connectivity index (χ4v) is 2.20. The number of rotatable bonds is 3. The molecule has 0 aliphatic rings. The third kappa shape index (κ3) is 8.62. The van der Waals surface area contributed by atoms with Crippen LogP contribution in [0.4, 0.5) is 0 Å². The summed E-state index contributed by atoms with van der Waals surface area (Å²) in [6.45, 7) is 0. The molecule has 2 aromatic carbocycles. The van der Waals surface area contributed by atoms with Crippen LogP contribution in [-0.4, -0.2) is 32.8 Å². The second-order valence-corrected chi connectivity index (χ2v) is 5.78. The molecule has 2 heterocycles. The molecule has 2 N–H and O–H groups in total. The molecule has 2 aromatic heterocycles. The van der Waals surface area contributed by atoms with Crippen LogP contribution in [0.5, 0.6) is 11.5 Å². The van der Waals surface area contributed by atoms with Gasteiger partial charge in [-0.3, -0.25) is 19.6 Å². The van der Waals surface area contributed by atoms with Crippen molar-refractivity contribution in [2.45, 2.75) is 0 Å². The first-order valence-corrected chi connectivity index (χ1v) is 8.94. The number of phenols is 2. The summed E-state index contributed by atoms with van der Waals surface area (Å²) in [5.41, 5.74) is 2.49. The zero-order chi connectivity index (χ0) is 21.6. The monoisotopic (exact) mass is 463 g/mol. The van der Waals surface area contributed by atoms with Gasteiger partial charge in [0.25, 0.3) is 0 Å². The van der Waals surface area contributed by atoms with Crippen LogP contribution in [0.1, 0.15) is 20.7 Å². The molecule has 0 amide bonds. The van der Waals surface area contributed by atoms with Crippen molar-refractivity contribution in [2.75, 3.05) is 0 Å². The van der Waals surface area contributed by atoms with Gasteiger partial charge in [-0.2, -0.15) is 0 Å². The summed E-state index contributed by atoms with van der Waals surface area (Å²) >= 11 is 0. The van der Waals surface area contributed by atoms with E-state index in [0.29, 0.717) is 23.7 Å². The largest absolute Gasteiger partial charge is 0.507 e. The van der Waals surface area contributed by atoms with Gasteiger partial charge >= 0.3 is 0 Å². The molecular weight excluding hydrogens is 444 g/mol. The van der Waals surface area contributed by atoms with E-state index in [1.807, 2.05) is 36.4 Å². The Morgan fingerprint density at radius 3 is 1.16 bits per heavy atom. The molecule has 4 rings (SSSR count). The van der Waals surface area contributed by atoms with E-state index in [1.54, 1.807) is 48.8 Å². The average molecular weight is 464 g/mol. The maximum absolute atomic E-state index is 10.1. The number of aromatic nitrogens is 2. The second-order valence-electron chi connectivity index (χ2n) is 5.78. The molecule has 6 nitrogen and oxygen atoms in total. The number of benzene rings is 2. The maximum atomic E-state index is 10.1. The SMILES string of the molecule is O=Cc1ccccc1O.O=Cc1ccccc1O.[Cu].c1ccc(-c2ccccn2)nc1. The van der Waals surface area contributed by atoms with E-state index < -0.39 is 0 Å². The standard InChI is InChI=1S/C10H8N2.2C7H6O2.Cu/c1-3-7-11-9(5-1)10-6-2-4-8-12-10;2*8-5-6-3-1-2-4-7(6)9;/h1-8H;2*1-5,9H;. The van der Waals surface area contributed by atoms with E-state index >= 15 is 0 Å². The van der Waals surface area contributed by atoms with Crippen molar-refractivity contribution >= 4 is 12.6 Å². The van der Waals surface area contributed by atoms with Gasteiger partial charge in [0.05, 0.1) is 22.5 Å². The summed E-state index contributed by atoms with van der Waals surface area (Å²) in [4.78, 5) is 28.5. The summed E-state index contributed by atoms with van der Waals surface area (Å²) in [5, 5.41) is 17.8. The van der Waals surface area contributed by atoms with Gasteiger partial charge in [0, 0.05) is 29.5 Å². The van der Waals surface area contributed by atoms with E-state index in [2.05, 4.69) is 9.97 Å². The number of para-hydroxylation sites is 2. The summed E-state index contributed by atoms with van der Waals surface area (Å²) in [6.07, 6.45) is 4.78. The zero-order valence-corrected chi connectivity index (χ0v) is 17.2. The van der Waals surface area contributed by atoms with Crippen molar-refractivity contribution in [3.05, 3.63) is 108 Å². The molecule has 0 fully saturated rings. The smallest absolute Gasteiger partial charge is 0.153 e. The minimum absolute atomic E-state index is 0. The van der Waals surface area contributed by atoms with Gasteiger partial charge in [-0.05, 0) is 48.5 Å². The van der Waals surface area contributed by atoms with Crippen LogP contribution in [0.15, 0.2) is 97.3 Å². The number of hydrogen-bond acceptors (Lipinski definition) is 6. The summed E-state index contributed by atoms with van der Waals surface area (Å²) < 4.78 is 0. The maximum Gasteiger partial charge on any atom is 0.153 e. The summed E-state index contributed by atoms with van der Waals surface area (Å²) in [6, 6.07) is 24.4. The van der Waals surface area contributed by atoms with Crippen LogP contribution < -0.4 is 0 Å². The molecule has 0 spiro atoms. The molecule has 0 saturated heterocycles. The number of phenolic OH excluding ortho intramolecular Hbond substituents is 2. The van der Waals surface area contributed by atoms with Gasteiger partial charge in [0.15, 0.2) is 12.6 Å². The predicted molar refractivity (Wildman–Crippen MR) is 114 cm³/mol. The topological polar surface area (TPSA) is 100 Å². The number of pyridine rings is 2. The van der Waals surface area contributed by atoms with Gasteiger partial charge in [0.1, 0.15) is 11.5 Å². The van der Waals surface area contributed by atoms with E-state index in [1.165, 1.54) is 12.1 Å². The Bertz CT molecular complexity index is 974. The van der Waals surface area contributed by atoms with E-state index in [4.69, 9.17) is 10.2 Å². The van der Waals surface area contributed by atoms with E-state index in [-0.39, 0.29) is 28.6 Å². The van der Waals surface area contributed by atoms with Gasteiger partial charge < -0.3 is 10.2 Å². The molecule has 31 heavy (non-hydrogen) atoms. The predicted octanol–water partition coefficient (Wildman–Crippen LogP) is 4.55. The third-order valence-electron chi connectivity index (χ3n) is 3.72. The fraction of sp³-hybridized carbons (Fsp3) is 0. The second kappa shape index (κ2) is 14.2. The number of nitrogens with zero attached hydrogens (tertiary/aromatic N) is 2. The Morgan fingerprint density at radius 1 is 0.548 bits per heavy atom. The average Bonchev–Trinajstić information content (AvgIpc) is 2.82. The Kier molecular flexibility index (Phi) is 11.6. The van der Waals surface area contributed by atoms with E-state index in [9.17, 15) is 9.59 Å². The number of aromatic hydroxyl groups is 2. The minimum Gasteiger partial charge on any atom is -0.507 e. The molecule has 0 saturated carbocycles. The quantitative estimate of drug-likeness (QED) is 0.341. The number of aldehydes is 2. The van der Waals surface area contributed by atoms with Crippen LogP contribution in [0.25, 0.3) is 11.4 Å². The van der Waals surface area contributed by atoms with E-state index in [0.717, 1.165) is 11.4 Å². The van der Waals surface area contributed by atoms with Gasteiger partial charge in [0.2, 0.25) is 0 Å². The van der Waals surface area contributed by atoms with Crippen LogP contribution in [0.2, 0.25) is 0 Å². The Balaban J connectivity index is 0.000000233. The van der Waals surface area contributed by atoms with Crippen molar-refractivity contribution in [1.82, 2.24) is 9.97 Å². The molecule has 4 aromatic rings. The fourth-order valence-electron chi connectivity index (χ4n) is 2.20. The third-order valence-corrected chi connectivity index (χ3v) is 3.72. The Labute approximate surface area is 190 Å². The van der Waals surface area contributed by atoms with Crippen LogP contribution in [0, 0.1) is 0 Å². The van der Waals surface area contributed by atoms with Crippen LogP contribution >= 0.6 is 0 Å². The molecule has 1 radical (unpaired) electrons. The van der Waals surface area contributed by atoms with Crippen LogP contribution in [0.3, 0.4) is 0 Å². The minimum atomic E-state index is 0. The van der Waals surface area contributed by atoms with Crippen molar-refractivity contribution in [3.8, 4) is 22.9 Å². The first-order valence-electron chi connectivity index (χ1n) is 8.94. The Hall–Kier alpha value is -3.80. The molecule has 0 bridgehead atoms. The molecule has 0 unspecified atom stereocenters. The molecule has 161 valence electrons. The first kappa shape index (κ1) is 25.2. The van der Waals surface area contributed by atoms with Gasteiger partial charge in [-0.25, -0.2) is 0 Å². The first-order chi connectivity index (χ1) is 14.7. The normalized spacial score (nSPS) is 8.90. The Morgan fingerprint density at radius 2 is 0.903 bits per heavy atom. The number of carbonyl (C=O) groups excluding carboxylic acids is 2. The van der Waals surface area contributed by atoms with Crippen molar-refractivity contribution in [1.29, 1.82) is 0 Å². The van der Waals surface area contributed by atoms with Crippen molar-refractivity contribution in [2.24, 2.45) is 0 Å². The van der Waals surface area contributed by atoms with Gasteiger partial charge in [-0.15, -0.1) is 0 Å². The summed E-state index contributed by atoms with van der Waals surface area (Å²) in [5.74, 6) is 0.0694. The zero-order valence-electron chi connectivity index (χ0n) is 16.3. The molecule has 7 heteroatoms. The molecule has 0 atom stereocenters. The number of hydrogen-bond donors (Lipinski definition) is 2. The van der Waals surface area contributed by atoms with Crippen LogP contribution in [-0.2, 0) is 17.1 Å². The number of carbonyl (C=O) groups is 2. The molecular formula is C24H20CuN2O4. The van der Waals surface area contributed by atoms with Crippen molar-refractivity contribution in [3.63, 3.8) is 0 Å². The molecule has 0 aliphatic heterocycles. The molecule has 0 aliphatic carbocycles. The van der Waals surface area contributed by atoms with Crippen molar-refractivity contribution < 1.29 is 36.9 Å². The summed E-state index contributed by atoms with van der Waals surface area (Å²) in [7, 11) is 0.